The predicted molar refractivity (Wildman–Crippen MR) is 51.5 cm³/mol. The zero-order valence-corrected chi connectivity index (χ0v) is 7.81. The van der Waals surface area contributed by atoms with Gasteiger partial charge in [-0.05, 0) is 25.9 Å². The molecule has 0 bridgehead atoms. The smallest absolute Gasteiger partial charge is 0.315 e. The predicted octanol–water partition coefficient (Wildman–Crippen LogP) is -1.00. The second kappa shape index (κ2) is 5.77. The number of hydrogen-bond acceptors (Lipinski definition) is 3. The number of carbonyl (C=O) groups is 1. The van der Waals surface area contributed by atoms with Crippen molar-refractivity contribution >= 4 is 6.03 Å². The van der Waals surface area contributed by atoms with E-state index in [0.717, 1.165) is 25.9 Å². The lowest BCUT2D eigenvalue weighted by atomic mass is 10.1. The molecule has 2 amide bonds. The van der Waals surface area contributed by atoms with Crippen LogP contribution in [0.15, 0.2) is 0 Å². The maximum Gasteiger partial charge on any atom is 0.315 e. The minimum atomic E-state index is -0.0997. The first-order valence-corrected chi connectivity index (χ1v) is 4.78. The summed E-state index contributed by atoms with van der Waals surface area (Å²) in [5.74, 6) is 0. The Morgan fingerprint density at radius 3 is 2.77 bits per heavy atom. The normalized spacial score (nSPS) is 18.2. The van der Waals surface area contributed by atoms with Crippen molar-refractivity contribution in [2.75, 3.05) is 26.2 Å². The molecule has 0 aromatic rings. The largest absolute Gasteiger partial charge is 0.337 e. The zero-order valence-electron chi connectivity index (χ0n) is 7.81. The van der Waals surface area contributed by atoms with Gasteiger partial charge in [-0.15, -0.1) is 0 Å². The van der Waals surface area contributed by atoms with Gasteiger partial charge in [0.2, 0.25) is 0 Å². The molecular weight excluding hydrogens is 168 g/mol. The van der Waals surface area contributed by atoms with Gasteiger partial charge in [-0.25, -0.2) is 4.79 Å². The molecule has 0 aromatic heterocycles. The number of nitrogens with two attached hydrogens (primary N) is 1. The molecule has 0 unspecified atom stereocenters. The molecule has 1 heterocycles. The highest BCUT2D eigenvalue weighted by Gasteiger charge is 2.14. The van der Waals surface area contributed by atoms with Crippen LogP contribution in [0.25, 0.3) is 0 Å². The highest BCUT2D eigenvalue weighted by molar-refractivity contribution is 5.74. The van der Waals surface area contributed by atoms with Crippen molar-refractivity contribution in [3.8, 4) is 0 Å². The molecule has 0 spiro atoms. The van der Waals surface area contributed by atoms with Crippen molar-refractivity contribution in [2.45, 2.75) is 18.9 Å². The number of carbonyl (C=O) groups excluding carboxylic acids is 1. The van der Waals surface area contributed by atoms with E-state index < -0.39 is 0 Å². The van der Waals surface area contributed by atoms with Crippen LogP contribution in [0.5, 0.6) is 0 Å². The van der Waals surface area contributed by atoms with Crippen LogP contribution in [0.3, 0.4) is 0 Å². The van der Waals surface area contributed by atoms with E-state index >= 15 is 0 Å². The Labute approximate surface area is 78.4 Å². The second-order valence-corrected chi connectivity index (χ2v) is 3.21. The van der Waals surface area contributed by atoms with Gasteiger partial charge in [-0.3, -0.25) is 0 Å². The maximum absolute atomic E-state index is 11.2. The van der Waals surface area contributed by atoms with Crippen molar-refractivity contribution in [2.24, 2.45) is 5.73 Å². The molecule has 0 saturated carbocycles. The summed E-state index contributed by atoms with van der Waals surface area (Å²) in [6.45, 7) is 3.00. The van der Waals surface area contributed by atoms with Crippen molar-refractivity contribution in [3.63, 3.8) is 0 Å². The summed E-state index contributed by atoms with van der Waals surface area (Å²) in [6, 6.07) is 0.219. The lowest BCUT2D eigenvalue weighted by Crippen LogP contribution is -2.47. The molecule has 5 N–H and O–H groups in total. The highest BCUT2D eigenvalue weighted by Crippen LogP contribution is 2.00. The summed E-state index contributed by atoms with van der Waals surface area (Å²) in [5.41, 5.74) is 5.26. The lowest BCUT2D eigenvalue weighted by molar-refractivity contribution is 0.234. The Kier molecular flexibility index (Phi) is 4.56. The molecule has 1 saturated heterocycles. The lowest BCUT2D eigenvalue weighted by Gasteiger charge is -2.23. The number of piperidine rings is 1. The topological polar surface area (TPSA) is 79.2 Å². The van der Waals surface area contributed by atoms with E-state index in [-0.39, 0.29) is 6.03 Å². The van der Waals surface area contributed by atoms with E-state index in [2.05, 4.69) is 16.0 Å². The first-order valence-electron chi connectivity index (χ1n) is 4.78. The third-order valence-electron chi connectivity index (χ3n) is 2.10. The highest BCUT2D eigenvalue weighted by atomic mass is 16.2. The Morgan fingerprint density at radius 2 is 2.15 bits per heavy atom. The van der Waals surface area contributed by atoms with Crippen LogP contribution in [-0.4, -0.2) is 38.3 Å². The molecule has 0 atom stereocenters. The molecule has 1 fully saturated rings. The van der Waals surface area contributed by atoms with Gasteiger partial charge in [0, 0.05) is 19.1 Å². The molecule has 1 rings (SSSR count). The fourth-order valence-electron chi connectivity index (χ4n) is 1.39. The monoisotopic (exact) mass is 186 g/mol. The van der Waals surface area contributed by atoms with Crippen molar-refractivity contribution in [1.82, 2.24) is 16.0 Å². The van der Waals surface area contributed by atoms with E-state index in [1.165, 1.54) is 0 Å². The number of amides is 2. The first kappa shape index (κ1) is 10.3. The number of hydrogen-bond donors (Lipinski definition) is 4. The molecular formula is C8H18N4O. The summed E-state index contributed by atoms with van der Waals surface area (Å²) < 4.78 is 0. The third kappa shape index (κ3) is 4.10. The second-order valence-electron chi connectivity index (χ2n) is 3.21. The van der Waals surface area contributed by atoms with E-state index in [0.29, 0.717) is 19.1 Å². The summed E-state index contributed by atoms with van der Waals surface area (Å²) in [6.07, 6.45) is 2.02. The molecule has 13 heavy (non-hydrogen) atoms. The number of rotatable bonds is 3. The minimum absolute atomic E-state index is 0.0997. The molecule has 5 heteroatoms. The van der Waals surface area contributed by atoms with Gasteiger partial charge in [0.05, 0.1) is 0 Å². The number of urea groups is 1. The molecule has 76 valence electrons. The van der Waals surface area contributed by atoms with Crippen molar-refractivity contribution in [3.05, 3.63) is 0 Å². The summed E-state index contributed by atoms with van der Waals surface area (Å²) in [5, 5.41) is 8.83. The van der Waals surface area contributed by atoms with Gasteiger partial charge in [-0.2, -0.15) is 0 Å². The fourth-order valence-corrected chi connectivity index (χ4v) is 1.39. The van der Waals surface area contributed by atoms with Crippen LogP contribution < -0.4 is 21.7 Å². The van der Waals surface area contributed by atoms with Crippen LogP contribution >= 0.6 is 0 Å². The Morgan fingerprint density at radius 1 is 1.46 bits per heavy atom. The molecule has 0 aromatic carbocycles. The minimum Gasteiger partial charge on any atom is -0.337 e. The molecule has 1 aliphatic heterocycles. The van der Waals surface area contributed by atoms with E-state index in [1.54, 1.807) is 0 Å². The van der Waals surface area contributed by atoms with Crippen LogP contribution in [0.1, 0.15) is 12.8 Å². The van der Waals surface area contributed by atoms with Crippen LogP contribution in [0.2, 0.25) is 0 Å². The standard InChI is InChI=1S/C8H18N4O/c9-3-6-11-8(13)12-7-1-4-10-5-2-7/h7,10H,1-6,9H2,(H2,11,12,13). The van der Waals surface area contributed by atoms with Gasteiger partial charge in [-0.1, -0.05) is 0 Å². The number of nitrogens with one attached hydrogen (secondary N) is 3. The quantitative estimate of drug-likeness (QED) is 0.456. The zero-order chi connectivity index (χ0) is 9.52. The van der Waals surface area contributed by atoms with Gasteiger partial charge in [0.15, 0.2) is 0 Å². The fraction of sp³-hybridized carbons (Fsp3) is 0.875. The van der Waals surface area contributed by atoms with Crippen LogP contribution in [0.4, 0.5) is 4.79 Å². The molecule has 1 aliphatic rings. The van der Waals surface area contributed by atoms with Crippen molar-refractivity contribution in [1.29, 1.82) is 0 Å². The van der Waals surface area contributed by atoms with Gasteiger partial charge in [0.1, 0.15) is 0 Å². The maximum atomic E-state index is 11.2. The Balaban J connectivity index is 2.11. The van der Waals surface area contributed by atoms with E-state index in [9.17, 15) is 4.79 Å². The van der Waals surface area contributed by atoms with Gasteiger partial charge < -0.3 is 21.7 Å². The van der Waals surface area contributed by atoms with Gasteiger partial charge >= 0.3 is 6.03 Å². The third-order valence-corrected chi connectivity index (χ3v) is 2.10. The SMILES string of the molecule is NCCNC(=O)NC1CCNCC1. The molecule has 0 aliphatic carbocycles. The van der Waals surface area contributed by atoms with Crippen molar-refractivity contribution < 1.29 is 4.79 Å². The average molecular weight is 186 g/mol. The molecule has 5 nitrogen and oxygen atoms in total. The Bertz CT molecular complexity index is 156. The Hall–Kier alpha value is -0.810. The average Bonchev–Trinajstić information content (AvgIpc) is 2.16. The van der Waals surface area contributed by atoms with Crippen LogP contribution in [0, 0.1) is 0 Å². The summed E-state index contributed by atoms with van der Waals surface area (Å²) in [4.78, 5) is 11.2. The molecule has 0 radical (unpaired) electrons. The van der Waals surface area contributed by atoms with E-state index in [1.807, 2.05) is 0 Å². The summed E-state index contributed by atoms with van der Waals surface area (Å²) in [7, 11) is 0. The van der Waals surface area contributed by atoms with Crippen LogP contribution in [-0.2, 0) is 0 Å². The van der Waals surface area contributed by atoms with E-state index in [4.69, 9.17) is 5.73 Å². The van der Waals surface area contributed by atoms with Gasteiger partial charge in [0.25, 0.3) is 0 Å². The summed E-state index contributed by atoms with van der Waals surface area (Å²) >= 11 is 0. The first-order chi connectivity index (χ1) is 6.33.